The molecule has 16 heavy (non-hydrogen) atoms. The molecule has 1 aliphatic rings. The predicted octanol–water partition coefficient (Wildman–Crippen LogP) is 4.51. The van der Waals surface area contributed by atoms with Crippen molar-refractivity contribution in [2.75, 3.05) is 5.32 Å². The number of benzene rings is 2. The molecular formula is C14H13NS. The highest BCUT2D eigenvalue weighted by Gasteiger charge is 2.16. The second kappa shape index (κ2) is 3.56. The van der Waals surface area contributed by atoms with Gasteiger partial charge in [0.1, 0.15) is 0 Å². The van der Waals surface area contributed by atoms with Gasteiger partial charge in [0, 0.05) is 9.79 Å². The molecule has 80 valence electrons. The normalized spacial score (nSPS) is 12.6. The van der Waals surface area contributed by atoms with Gasteiger partial charge in [-0.05, 0) is 43.2 Å². The fourth-order valence-electron chi connectivity index (χ4n) is 1.96. The molecule has 2 heteroatoms. The van der Waals surface area contributed by atoms with Crippen molar-refractivity contribution in [3.8, 4) is 0 Å². The van der Waals surface area contributed by atoms with Crippen molar-refractivity contribution < 1.29 is 0 Å². The highest BCUT2D eigenvalue weighted by atomic mass is 32.2. The summed E-state index contributed by atoms with van der Waals surface area (Å²) in [6, 6.07) is 13.0. The van der Waals surface area contributed by atoms with Crippen LogP contribution in [-0.4, -0.2) is 0 Å². The fourth-order valence-corrected chi connectivity index (χ4v) is 3.13. The second-order valence-corrected chi connectivity index (χ2v) is 5.26. The van der Waals surface area contributed by atoms with Crippen molar-refractivity contribution in [2.45, 2.75) is 23.6 Å². The molecule has 0 aliphatic carbocycles. The average molecular weight is 227 g/mol. The van der Waals surface area contributed by atoms with Gasteiger partial charge in [-0.15, -0.1) is 0 Å². The SMILES string of the molecule is Cc1ccc2c(c1)Sc1cccc(C)c1N2. The molecule has 0 spiro atoms. The van der Waals surface area contributed by atoms with E-state index in [0.717, 1.165) is 0 Å². The Hall–Kier alpha value is -1.41. The van der Waals surface area contributed by atoms with Crippen LogP contribution in [0.2, 0.25) is 0 Å². The van der Waals surface area contributed by atoms with Gasteiger partial charge >= 0.3 is 0 Å². The van der Waals surface area contributed by atoms with E-state index < -0.39 is 0 Å². The van der Waals surface area contributed by atoms with Crippen molar-refractivity contribution in [1.82, 2.24) is 0 Å². The Labute approximate surface area is 99.9 Å². The van der Waals surface area contributed by atoms with Crippen LogP contribution in [-0.2, 0) is 0 Å². The van der Waals surface area contributed by atoms with Gasteiger partial charge in [0.25, 0.3) is 0 Å². The highest BCUT2D eigenvalue weighted by molar-refractivity contribution is 7.99. The van der Waals surface area contributed by atoms with Gasteiger partial charge in [-0.2, -0.15) is 0 Å². The largest absolute Gasteiger partial charge is 0.353 e. The molecule has 2 aromatic rings. The first kappa shape index (κ1) is 9.79. The summed E-state index contributed by atoms with van der Waals surface area (Å²) in [5.74, 6) is 0. The van der Waals surface area contributed by atoms with E-state index in [1.165, 1.54) is 32.3 Å². The van der Waals surface area contributed by atoms with Crippen molar-refractivity contribution in [3.63, 3.8) is 0 Å². The van der Waals surface area contributed by atoms with Crippen LogP contribution in [0.3, 0.4) is 0 Å². The lowest BCUT2D eigenvalue weighted by atomic mass is 10.1. The molecule has 1 aliphatic heterocycles. The second-order valence-electron chi connectivity index (χ2n) is 4.17. The molecule has 0 unspecified atom stereocenters. The minimum Gasteiger partial charge on any atom is -0.353 e. The third-order valence-electron chi connectivity index (χ3n) is 2.85. The van der Waals surface area contributed by atoms with E-state index in [-0.39, 0.29) is 0 Å². The Morgan fingerprint density at radius 2 is 1.88 bits per heavy atom. The van der Waals surface area contributed by atoms with Crippen molar-refractivity contribution >= 4 is 23.1 Å². The summed E-state index contributed by atoms with van der Waals surface area (Å²) in [6.45, 7) is 4.28. The molecule has 1 N–H and O–H groups in total. The monoisotopic (exact) mass is 227 g/mol. The number of aryl methyl sites for hydroxylation is 2. The van der Waals surface area contributed by atoms with Crippen LogP contribution in [0.5, 0.6) is 0 Å². The van der Waals surface area contributed by atoms with E-state index in [1.807, 2.05) is 11.8 Å². The molecule has 0 radical (unpaired) electrons. The number of rotatable bonds is 0. The molecule has 0 saturated carbocycles. The van der Waals surface area contributed by atoms with E-state index in [1.54, 1.807) is 0 Å². The highest BCUT2D eigenvalue weighted by Crippen LogP contribution is 2.45. The molecule has 0 amide bonds. The van der Waals surface area contributed by atoms with Gasteiger partial charge in [0.15, 0.2) is 0 Å². The zero-order chi connectivity index (χ0) is 11.1. The maximum atomic E-state index is 3.52. The summed E-state index contributed by atoms with van der Waals surface area (Å²) >= 11 is 1.85. The summed E-state index contributed by atoms with van der Waals surface area (Å²) in [4.78, 5) is 2.64. The molecule has 0 bridgehead atoms. The predicted molar refractivity (Wildman–Crippen MR) is 69.8 cm³/mol. The Balaban J connectivity index is 2.13. The van der Waals surface area contributed by atoms with Crippen LogP contribution >= 0.6 is 11.8 Å². The Kier molecular flexibility index (Phi) is 2.18. The molecule has 0 fully saturated rings. The summed E-state index contributed by atoms with van der Waals surface area (Å²) in [7, 11) is 0. The topological polar surface area (TPSA) is 12.0 Å². The maximum Gasteiger partial charge on any atom is 0.0556 e. The maximum absolute atomic E-state index is 3.52. The van der Waals surface area contributed by atoms with E-state index in [4.69, 9.17) is 0 Å². The minimum absolute atomic E-state index is 1.22. The standard InChI is InChI=1S/C14H13NS/c1-9-6-7-11-13(8-9)16-12-5-3-4-10(2)14(12)15-11/h3-8,15H,1-2H3. The molecule has 1 nitrogen and oxygen atoms in total. The average Bonchev–Trinajstić information content (AvgIpc) is 2.27. The first-order valence-electron chi connectivity index (χ1n) is 5.39. The van der Waals surface area contributed by atoms with Gasteiger partial charge in [-0.25, -0.2) is 0 Å². The van der Waals surface area contributed by atoms with Gasteiger partial charge in [-0.3, -0.25) is 0 Å². The number of nitrogens with one attached hydrogen (secondary N) is 1. The van der Waals surface area contributed by atoms with Gasteiger partial charge in [0.2, 0.25) is 0 Å². The summed E-state index contributed by atoms with van der Waals surface area (Å²) in [5.41, 5.74) is 5.08. The number of hydrogen-bond acceptors (Lipinski definition) is 2. The Bertz CT molecular complexity index is 561. The lowest BCUT2D eigenvalue weighted by molar-refractivity contribution is 1.26. The molecular weight excluding hydrogens is 214 g/mol. The lowest BCUT2D eigenvalue weighted by Gasteiger charge is -2.22. The zero-order valence-corrected chi connectivity index (χ0v) is 10.2. The summed E-state index contributed by atoms with van der Waals surface area (Å²) in [6.07, 6.45) is 0. The van der Waals surface area contributed by atoms with Crippen LogP contribution < -0.4 is 5.32 Å². The van der Waals surface area contributed by atoms with E-state index in [2.05, 4.69) is 55.6 Å². The summed E-state index contributed by atoms with van der Waals surface area (Å²) in [5, 5.41) is 3.52. The third kappa shape index (κ3) is 1.50. The minimum atomic E-state index is 1.22. The van der Waals surface area contributed by atoms with Crippen LogP contribution in [0.15, 0.2) is 46.2 Å². The van der Waals surface area contributed by atoms with Crippen LogP contribution in [0.25, 0.3) is 0 Å². The van der Waals surface area contributed by atoms with E-state index in [9.17, 15) is 0 Å². The van der Waals surface area contributed by atoms with Crippen molar-refractivity contribution in [2.24, 2.45) is 0 Å². The van der Waals surface area contributed by atoms with Gasteiger partial charge in [0.05, 0.1) is 11.4 Å². The van der Waals surface area contributed by atoms with Gasteiger partial charge < -0.3 is 5.32 Å². The Morgan fingerprint density at radius 3 is 2.75 bits per heavy atom. The molecule has 0 atom stereocenters. The quantitative estimate of drug-likeness (QED) is 0.606. The number of fused-ring (bicyclic) bond motifs is 2. The smallest absolute Gasteiger partial charge is 0.0556 e. The van der Waals surface area contributed by atoms with Crippen LogP contribution in [0, 0.1) is 13.8 Å². The van der Waals surface area contributed by atoms with Crippen molar-refractivity contribution in [3.05, 3.63) is 47.5 Å². The summed E-state index contributed by atoms with van der Waals surface area (Å²) < 4.78 is 0. The molecule has 2 aromatic carbocycles. The molecule has 3 rings (SSSR count). The number of hydrogen-bond donors (Lipinski definition) is 1. The van der Waals surface area contributed by atoms with Crippen LogP contribution in [0.1, 0.15) is 11.1 Å². The molecule has 0 saturated heterocycles. The number of anilines is 2. The van der Waals surface area contributed by atoms with Crippen LogP contribution in [0.4, 0.5) is 11.4 Å². The molecule has 1 heterocycles. The third-order valence-corrected chi connectivity index (χ3v) is 3.97. The molecule has 0 aromatic heterocycles. The zero-order valence-electron chi connectivity index (χ0n) is 9.37. The van der Waals surface area contributed by atoms with E-state index in [0.29, 0.717) is 0 Å². The number of para-hydroxylation sites is 1. The Morgan fingerprint density at radius 1 is 1.00 bits per heavy atom. The van der Waals surface area contributed by atoms with Crippen molar-refractivity contribution in [1.29, 1.82) is 0 Å². The first-order chi connectivity index (χ1) is 7.74. The van der Waals surface area contributed by atoms with Gasteiger partial charge in [-0.1, -0.05) is 30.0 Å². The fraction of sp³-hybridized carbons (Fsp3) is 0.143. The lowest BCUT2D eigenvalue weighted by Crippen LogP contribution is -2.01. The van der Waals surface area contributed by atoms with E-state index >= 15 is 0 Å². The first-order valence-corrected chi connectivity index (χ1v) is 6.21.